The summed E-state index contributed by atoms with van der Waals surface area (Å²) in [5, 5.41) is 19.5. The first-order chi connectivity index (χ1) is 8.04. The minimum absolute atomic E-state index is 0.0311. The van der Waals surface area contributed by atoms with E-state index in [1.54, 1.807) is 13.0 Å². The summed E-state index contributed by atoms with van der Waals surface area (Å²) in [5.41, 5.74) is 0.447. The molecule has 0 saturated carbocycles. The van der Waals surface area contributed by atoms with Crippen molar-refractivity contribution in [2.75, 3.05) is 12.3 Å². The molecule has 1 rings (SSSR count). The number of thioether (sulfide) groups is 1. The lowest BCUT2D eigenvalue weighted by molar-refractivity contribution is -0.118. The van der Waals surface area contributed by atoms with Crippen LogP contribution in [0.5, 0.6) is 0 Å². The zero-order valence-electron chi connectivity index (χ0n) is 8.89. The van der Waals surface area contributed by atoms with E-state index in [4.69, 9.17) is 10.4 Å². The highest BCUT2D eigenvalue weighted by Crippen LogP contribution is 2.26. The van der Waals surface area contributed by atoms with E-state index < -0.39 is 5.97 Å². The predicted molar refractivity (Wildman–Crippen MR) is 63.2 cm³/mol. The van der Waals surface area contributed by atoms with Crippen molar-refractivity contribution in [3.63, 3.8) is 0 Å². The highest BCUT2D eigenvalue weighted by molar-refractivity contribution is 8.01. The molecule has 0 saturated heterocycles. The van der Waals surface area contributed by atoms with Crippen LogP contribution < -0.4 is 5.32 Å². The van der Waals surface area contributed by atoms with Gasteiger partial charge < -0.3 is 10.4 Å². The topological polar surface area (TPSA) is 103 Å². The van der Waals surface area contributed by atoms with Crippen molar-refractivity contribution in [1.82, 2.24) is 10.3 Å². The molecule has 0 atom stereocenters. The second-order valence-electron chi connectivity index (χ2n) is 2.92. The Labute approximate surface area is 106 Å². The number of carbonyl (C=O) groups is 2. The minimum atomic E-state index is -1.01. The molecule has 2 N–H and O–H groups in total. The van der Waals surface area contributed by atoms with Crippen molar-refractivity contribution in [3.8, 4) is 6.07 Å². The standard InChI is InChI=1S/C9H9N3O3S2/c1-5-7(8(14)15)17-9(12-5)16-4-6(13)11-3-2-10/h3-4H2,1H3,(H,11,13)(H,14,15). The van der Waals surface area contributed by atoms with E-state index in [2.05, 4.69) is 10.3 Å². The number of hydrogen-bond acceptors (Lipinski definition) is 6. The van der Waals surface area contributed by atoms with Gasteiger partial charge in [0.2, 0.25) is 5.91 Å². The highest BCUT2D eigenvalue weighted by atomic mass is 32.2. The number of carboxylic acids is 1. The molecule has 0 fully saturated rings. The molecule has 17 heavy (non-hydrogen) atoms. The van der Waals surface area contributed by atoms with E-state index in [9.17, 15) is 9.59 Å². The number of amides is 1. The van der Waals surface area contributed by atoms with Gasteiger partial charge in [0.05, 0.1) is 17.5 Å². The van der Waals surface area contributed by atoms with Crippen LogP contribution in [0.2, 0.25) is 0 Å². The van der Waals surface area contributed by atoms with E-state index in [0.29, 0.717) is 10.0 Å². The van der Waals surface area contributed by atoms with Crippen LogP contribution in [0.4, 0.5) is 0 Å². The molecule has 0 aliphatic carbocycles. The molecule has 1 amide bonds. The molecule has 0 aromatic carbocycles. The third-order valence-electron chi connectivity index (χ3n) is 1.66. The maximum atomic E-state index is 11.2. The number of nitrogens with one attached hydrogen (secondary N) is 1. The number of aryl methyl sites for hydroxylation is 1. The van der Waals surface area contributed by atoms with Crippen molar-refractivity contribution in [2.45, 2.75) is 11.3 Å². The summed E-state index contributed by atoms with van der Waals surface area (Å²) >= 11 is 2.19. The van der Waals surface area contributed by atoms with Crippen LogP contribution in [0.1, 0.15) is 15.4 Å². The number of thiazole rings is 1. The van der Waals surface area contributed by atoms with E-state index >= 15 is 0 Å². The third-order valence-corrected chi connectivity index (χ3v) is 3.95. The van der Waals surface area contributed by atoms with Crippen LogP contribution in [-0.4, -0.2) is 34.3 Å². The lowest BCUT2D eigenvalue weighted by Crippen LogP contribution is -2.25. The van der Waals surface area contributed by atoms with E-state index in [-0.39, 0.29) is 23.1 Å². The Morgan fingerprint density at radius 2 is 2.35 bits per heavy atom. The normalized spacial score (nSPS) is 9.65. The number of carbonyl (C=O) groups excluding carboxylic acids is 1. The third kappa shape index (κ3) is 4.05. The van der Waals surface area contributed by atoms with Gasteiger partial charge in [0.1, 0.15) is 11.4 Å². The molecule has 1 heterocycles. The second kappa shape index (κ2) is 6.22. The van der Waals surface area contributed by atoms with Crippen molar-refractivity contribution < 1.29 is 14.7 Å². The molecule has 8 heteroatoms. The number of nitriles is 1. The minimum Gasteiger partial charge on any atom is -0.477 e. The average Bonchev–Trinajstić information content (AvgIpc) is 2.65. The Bertz CT molecular complexity index is 478. The molecule has 6 nitrogen and oxygen atoms in total. The number of aromatic carboxylic acids is 1. The zero-order chi connectivity index (χ0) is 12.8. The van der Waals surface area contributed by atoms with Gasteiger partial charge in [-0.2, -0.15) is 5.26 Å². The Hall–Kier alpha value is -1.59. The van der Waals surface area contributed by atoms with Gasteiger partial charge in [0.15, 0.2) is 4.34 Å². The molecule has 0 aliphatic rings. The van der Waals surface area contributed by atoms with Crippen LogP contribution in [0.25, 0.3) is 0 Å². The SMILES string of the molecule is Cc1nc(SCC(=O)NCC#N)sc1C(=O)O. The Morgan fingerprint density at radius 3 is 2.88 bits per heavy atom. The summed E-state index contributed by atoms with van der Waals surface area (Å²) in [7, 11) is 0. The van der Waals surface area contributed by atoms with Crippen molar-refractivity contribution in [2.24, 2.45) is 0 Å². The van der Waals surface area contributed by atoms with Gasteiger partial charge in [-0.15, -0.1) is 11.3 Å². The van der Waals surface area contributed by atoms with Crippen LogP contribution in [0, 0.1) is 18.3 Å². The van der Waals surface area contributed by atoms with Crippen LogP contribution in [0.3, 0.4) is 0 Å². The van der Waals surface area contributed by atoms with Gasteiger partial charge in [0.25, 0.3) is 0 Å². The number of carboxylic acid groups (broad SMARTS) is 1. The zero-order valence-corrected chi connectivity index (χ0v) is 10.5. The first kappa shape index (κ1) is 13.5. The van der Waals surface area contributed by atoms with Crippen molar-refractivity contribution in [3.05, 3.63) is 10.6 Å². The van der Waals surface area contributed by atoms with Crippen LogP contribution in [-0.2, 0) is 4.79 Å². The molecule has 0 bridgehead atoms. The Balaban J connectivity index is 2.53. The summed E-state index contributed by atoms with van der Waals surface area (Å²) in [6.07, 6.45) is 0. The molecule has 0 unspecified atom stereocenters. The molecule has 0 aliphatic heterocycles. The smallest absolute Gasteiger partial charge is 0.347 e. The maximum absolute atomic E-state index is 11.2. The van der Waals surface area contributed by atoms with E-state index in [1.807, 2.05) is 0 Å². The summed E-state index contributed by atoms with van der Waals surface area (Å²) in [6, 6.07) is 1.79. The van der Waals surface area contributed by atoms with Crippen LogP contribution >= 0.6 is 23.1 Å². The van der Waals surface area contributed by atoms with E-state index in [0.717, 1.165) is 23.1 Å². The van der Waals surface area contributed by atoms with Crippen molar-refractivity contribution >= 4 is 35.0 Å². The lowest BCUT2D eigenvalue weighted by atomic mass is 10.4. The number of nitrogens with zero attached hydrogens (tertiary/aromatic N) is 2. The Morgan fingerprint density at radius 1 is 1.65 bits per heavy atom. The summed E-state index contributed by atoms with van der Waals surface area (Å²) < 4.78 is 0.534. The monoisotopic (exact) mass is 271 g/mol. The van der Waals surface area contributed by atoms with Gasteiger partial charge in [-0.1, -0.05) is 11.8 Å². The molecule has 0 spiro atoms. The largest absolute Gasteiger partial charge is 0.477 e. The average molecular weight is 271 g/mol. The van der Waals surface area contributed by atoms with Crippen molar-refractivity contribution in [1.29, 1.82) is 5.26 Å². The molecular formula is C9H9N3O3S2. The number of hydrogen-bond donors (Lipinski definition) is 2. The fourth-order valence-corrected chi connectivity index (χ4v) is 2.81. The first-order valence-electron chi connectivity index (χ1n) is 4.51. The Kier molecular flexibility index (Phi) is 4.93. The van der Waals surface area contributed by atoms with Gasteiger partial charge in [-0.3, -0.25) is 4.79 Å². The van der Waals surface area contributed by atoms with Crippen LogP contribution in [0.15, 0.2) is 4.34 Å². The highest BCUT2D eigenvalue weighted by Gasteiger charge is 2.14. The number of aromatic nitrogens is 1. The maximum Gasteiger partial charge on any atom is 0.347 e. The van der Waals surface area contributed by atoms with Gasteiger partial charge in [0, 0.05) is 0 Å². The van der Waals surface area contributed by atoms with E-state index in [1.165, 1.54) is 0 Å². The molecular weight excluding hydrogens is 262 g/mol. The summed E-state index contributed by atoms with van der Waals surface area (Å²) in [5.74, 6) is -1.17. The van der Waals surface area contributed by atoms with Gasteiger partial charge in [-0.25, -0.2) is 9.78 Å². The lowest BCUT2D eigenvalue weighted by Gasteiger charge is -1.97. The quantitative estimate of drug-likeness (QED) is 0.608. The predicted octanol–water partition coefficient (Wildman–Crippen LogP) is 0.882. The van der Waals surface area contributed by atoms with Gasteiger partial charge in [-0.05, 0) is 6.92 Å². The second-order valence-corrected chi connectivity index (χ2v) is 5.14. The molecule has 90 valence electrons. The van der Waals surface area contributed by atoms with Gasteiger partial charge >= 0.3 is 5.97 Å². The molecule has 1 aromatic heterocycles. The fraction of sp³-hybridized carbons (Fsp3) is 0.333. The molecule has 0 radical (unpaired) electrons. The summed E-state index contributed by atoms with van der Waals surface area (Å²) in [4.78, 5) is 26.2. The fourth-order valence-electron chi connectivity index (χ4n) is 0.948. The molecule has 1 aromatic rings. The number of rotatable bonds is 5. The first-order valence-corrected chi connectivity index (χ1v) is 6.32. The summed E-state index contributed by atoms with van der Waals surface area (Å²) in [6.45, 7) is 1.58.